The Balaban J connectivity index is 2.16. The second kappa shape index (κ2) is 4.61. The summed E-state index contributed by atoms with van der Waals surface area (Å²) >= 11 is 0. The summed E-state index contributed by atoms with van der Waals surface area (Å²) in [4.78, 5) is 2.30. The molecule has 0 aliphatic heterocycles. The number of hydrogen-bond donors (Lipinski definition) is 0. The molecular formula is C15H20FN. The van der Waals surface area contributed by atoms with Gasteiger partial charge in [0.2, 0.25) is 0 Å². The minimum Gasteiger partial charge on any atom is -0.304 e. The summed E-state index contributed by atoms with van der Waals surface area (Å²) in [5.74, 6) is -0.164. The first-order valence-electron chi connectivity index (χ1n) is 6.14. The fourth-order valence-electron chi connectivity index (χ4n) is 2.28. The molecule has 1 aromatic carbocycles. The van der Waals surface area contributed by atoms with Gasteiger partial charge >= 0.3 is 0 Å². The zero-order chi connectivity index (χ0) is 12.5. The molecule has 1 atom stereocenters. The smallest absolute Gasteiger partial charge is 0.123 e. The molecule has 92 valence electrons. The molecule has 0 N–H and O–H groups in total. The average Bonchev–Trinajstić information content (AvgIpc) is 2.31. The summed E-state index contributed by atoms with van der Waals surface area (Å²) in [6, 6.07) is 6.82. The lowest BCUT2D eigenvalue weighted by molar-refractivity contribution is 0.160. The molecule has 1 aromatic rings. The lowest BCUT2D eigenvalue weighted by Gasteiger charge is -2.39. The molecule has 0 saturated carbocycles. The molecule has 1 aliphatic carbocycles. The van der Waals surface area contributed by atoms with E-state index in [1.807, 2.05) is 12.1 Å². The molecule has 0 saturated heterocycles. The third-order valence-corrected chi connectivity index (χ3v) is 4.02. The van der Waals surface area contributed by atoms with Crippen LogP contribution < -0.4 is 0 Å². The maximum absolute atomic E-state index is 12.9. The van der Waals surface area contributed by atoms with Crippen LogP contribution in [0, 0.1) is 5.82 Å². The Labute approximate surface area is 103 Å². The Kier molecular flexibility index (Phi) is 3.34. The molecule has 2 rings (SSSR count). The highest BCUT2D eigenvalue weighted by molar-refractivity contribution is 5.66. The zero-order valence-corrected chi connectivity index (χ0v) is 10.8. The van der Waals surface area contributed by atoms with E-state index in [-0.39, 0.29) is 11.4 Å². The third-order valence-electron chi connectivity index (χ3n) is 4.02. The molecular weight excluding hydrogens is 213 g/mol. The number of nitrogens with zero attached hydrogens (tertiary/aromatic N) is 1. The summed E-state index contributed by atoms with van der Waals surface area (Å²) in [7, 11) is 4.27. The van der Waals surface area contributed by atoms with Crippen molar-refractivity contribution in [1.29, 1.82) is 0 Å². The summed E-state index contributed by atoms with van der Waals surface area (Å²) in [6.07, 6.45) is 5.59. The lowest BCUT2D eigenvalue weighted by atomic mass is 9.81. The fourth-order valence-corrected chi connectivity index (χ4v) is 2.28. The van der Waals surface area contributed by atoms with Gasteiger partial charge in [-0.3, -0.25) is 0 Å². The van der Waals surface area contributed by atoms with Crippen molar-refractivity contribution in [3.63, 3.8) is 0 Å². The van der Waals surface area contributed by atoms with E-state index in [0.29, 0.717) is 0 Å². The summed E-state index contributed by atoms with van der Waals surface area (Å²) in [6.45, 7) is 2.30. The third kappa shape index (κ3) is 2.58. The Morgan fingerprint density at radius 2 is 1.82 bits per heavy atom. The standard InChI is InChI=1S/C15H20FN/c1-15(17(2)3)10-8-13(9-11-15)12-4-6-14(16)7-5-12/h4-8H,9-11H2,1-3H3. The summed E-state index contributed by atoms with van der Waals surface area (Å²) in [5, 5.41) is 0. The molecule has 0 fully saturated rings. The van der Waals surface area contributed by atoms with Crippen LogP contribution in [0.4, 0.5) is 4.39 Å². The second-order valence-electron chi connectivity index (χ2n) is 5.33. The summed E-state index contributed by atoms with van der Waals surface area (Å²) < 4.78 is 12.9. The molecule has 0 aromatic heterocycles. The predicted molar refractivity (Wildman–Crippen MR) is 70.3 cm³/mol. The van der Waals surface area contributed by atoms with E-state index in [2.05, 4.69) is 32.0 Å². The fraction of sp³-hybridized carbons (Fsp3) is 0.467. The second-order valence-corrected chi connectivity index (χ2v) is 5.33. The van der Waals surface area contributed by atoms with E-state index in [1.54, 1.807) is 0 Å². The van der Waals surface area contributed by atoms with Crippen molar-refractivity contribution >= 4 is 5.57 Å². The highest BCUT2D eigenvalue weighted by Crippen LogP contribution is 2.35. The SMILES string of the molecule is CN(C)C1(C)CC=C(c2ccc(F)cc2)CC1. The van der Waals surface area contributed by atoms with Gasteiger partial charge in [-0.1, -0.05) is 18.2 Å². The van der Waals surface area contributed by atoms with Gasteiger partial charge in [0.15, 0.2) is 0 Å². The Bertz CT molecular complexity index is 419. The molecule has 2 heteroatoms. The lowest BCUT2D eigenvalue weighted by Crippen LogP contribution is -2.42. The van der Waals surface area contributed by atoms with Gasteiger partial charge in [-0.05, 0) is 63.6 Å². The number of allylic oxidation sites excluding steroid dienone is 1. The minimum absolute atomic E-state index is 0.164. The van der Waals surface area contributed by atoms with Crippen LogP contribution in [-0.4, -0.2) is 24.5 Å². The quantitative estimate of drug-likeness (QED) is 0.752. The van der Waals surface area contributed by atoms with Crippen molar-refractivity contribution in [2.75, 3.05) is 14.1 Å². The van der Waals surface area contributed by atoms with Crippen molar-refractivity contribution in [2.45, 2.75) is 31.7 Å². The summed E-state index contributed by atoms with van der Waals surface area (Å²) in [5.41, 5.74) is 2.78. The molecule has 0 heterocycles. The predicted octanol–water partition coefficient (Wildman–Crippen LogP) is 3.71. The van der Waals surface area contributed by atoms with E-state index in [4.69, 9.17) is 0 Å². The van der Waals surface area contributed by atoms with Gasteiger partial charge in [-0.25, -0.2) is 4.39 Å². The van der Waals surface area contributed by atoms with Gasteiger partial charge in [0.05, 0.1) is 0 Å². The van der Waals surface area contributed by atoms with Gasteiger partial charge in [-0.15, -0.1) is 0 Å². The molecule has 1 nitrogen and oxygen atoms in total. The van der Waals surface area contributed by atoms with Crippen molar-refractivity contribution < 1.29 is 4.39 Å². The first-order valence-corrected chi connectivity index (χ1v) is 6.14. The van der Waals surface area contributed by atoms with Crippen LogP contribution >= 0.6 is 0 Å². The number of benzene rings is 1. The number of rotatable bonds is 2. The molecule has 17 heavy (non-hydrogen) atoms. The van der Waals surface area contributed by atoms with Crippen molar-refractivity contribution in [3.8, 4) is 0 Å². The number of hydrogen-bond acceptors (Lipinski definition) is 1. The monoisotopic (exact) mass is 233 g/mol. The van der Waals surface area contributed by atoms with Gasteiger partial charge in [0.25, 0.3) is 0 Å². The molecule has 0 amide bonds. The van der Waals surface area contributed by atoms with Crippen LogP contribution in [0.15, 0.2) is 30.3 Å². The topological polar surface area (TPSA) is 3.24 Å². The molecule has 0 bridgehead atoms. The van der Waals surface area contributed by atoms with Crippen molar-refractivity contribution in [2.24, 2.45) is 0 Å². The first-order chi connectivity index (χ1) is 8.01. The van der Waals surface area contributed by atoms with Crippen LogP contribution in [0.5, 0.6) is 0 Å². The first kappa shape index (κ1) is 12.3. The van der Waals surface area contributed by atoms with Crippen LogP contribution in [0.2, 0.25) is 0 Å². The minimum atomic E-state index is -0.164. The largest absolute Gasteiger partial charge is 0.304 e. The van der Waals surface area contributed by atoms with Crippen LogP contribution in [0.25, 0.3) is 5.57 Å². The average molecular weight is 233 g/mol. The maximum Gasteiger partial charge on any atom is 0.123 e. The normalized spacial score (nSPS) is 24.9. The van der Waals surface area contributed by atoms with Gasteiger partial charge < -0.3 is 4.90 Å². The van der Waals surface area contributed by atoms with Crippen molar-refractivity contribution in [1.82, 2.24) is 4.90 Å². The van der Waals surface area contributed by atoms with E-state index in [0.717, 1.165) is 24.8 Å². The zero-order valence-electron chi connectivity index (χ0n) is 10.8. The Morgan fingerprint density at radius 3 is 2.29 bits per heavy atom. The van der Waals surface area contributed by atoms with E-state index >= 15 is 0 Å². The van der Waals surface area contributed by atoms with Gasteiger partial charge in [-0.2, -0.15) is 0 Å². The van der Waals surface area contributed by atoms with Gasteiger partial charge in [0, 0.05) is 5.54 Å². The maximum atomic E-state index is 12.9. The highest BCUT2D eigenvalue weighted by atomic mass is 19.1. The molecule has 1 unspecified atom stereocenters. The van der Waals surface area contributed by atoms with Crippen LogP contribution in [0.1, 0.15) is 31.7 Å². The molecule has 0 spiro atoms. The van der Waals surface area contributed by atoms with E-state index < -0.39 is 0 Å². The highest BCUT2D eigenvalue weighted by Gasteiger charge is 2.28. The molecule has 1 aliphatic rings. The van der Waals surface area contributed by atoms with E-state index in [1.165, 1.54) is 17.7 Å². The van der Waals surface area contributed by atoms with E-state index in [9.17, 15) is 4.39 Å². The molecule has 0 radical (unpaired) electrons. The van der Waals surface area contributed by atoms with Crippen LogP contribution in [-0.2, 0) is 0 Å². The van der Waals surface area contributed by atoms with Gasteiger partial charge in [0.1, 0.15) is 5.82 Å². The Morgan fingerprint density at radius 1 is 1.18 bits per heavy atom. The van der Waals surface area contributed by atoms with Crippen LogP contribution in [0.3, 0.4) is 0 Å². The Hall–Kier alpha value is -1.15. The van der Waals surface area contributed by atoms with Crippen molar-refractivity contribution in [3.05, 3.63) is 41.7 Å². The number of halogens is 1.